The van der Waals surface area contributed by atoms with E-state index < -0.39 is 0 Å². The van der Waals surface area contributed by atoms with Gasteiger partial charge in [-0.05, 0) is 40.9 Å². The van der Waals surface area contributed by atoms with Crippen molar-refractivity contribution in [2.75, 3.05) is 33.1 Å². The number of ether oxygens (including phenoxy) is 1. The van der Waals surface area contributed by atoms with Crippen LogP contribution in [0.2, 0.25) is 0 Å². The molecule has 0 saturated carbocycles. The van der Waals surface area contributed by atoms with E-state index in [1.807, 2.05) is 6.92 Å². The lowest BCUT2D eigenvalue weighted by Crippen LogP contribution is -2.22. The molecule has 0 spiro atoms. The maximum Gasteiger partial charge on any atom is 0.357 e. The Morgan fingerprint density at radius 2 is 2.22 bits per heavy atom. The summed E-state index contributed by atoms with van der Waals surface area (Å²) in [4.78, 5) is 18.7. The fourth-order valence-corrected chi connectivity index (χ4v) is 2.39. The summed E-state index contributed by atoms with van der Waals surface area (Å²) in [6.07, 6.45) is 1.03. The molecule has 6 heteroatoms. The highest BCUT2D eigenvalue weighted by atomic mass is 32.1. The van der Waals surface area contributed by atoms with Crippen LogP contribution in [0.3, 0.4) is 0 Å². The molecular weight excluding hydrogens is 250 g/mol. The summed E-state index contributed by atoms with van der Waals surface area (Å²) >= 11 is 1.48. The molecule has 1 aromatic heterocycles. The lowest BCUT2D eigenvalue weighted by Gasteiger charge is -2.15. The molecule has 18 heavy (non-hydrogen) atoms. The summed E-state index contributed by atoms with van der Waals surface area (Å²) < 4.78 is 4.69. The topological polar surface area (TPSA) is 54.5 Å². The first kappa shape index (κ1) is 14.9. The van der Waals surface area contributed by atoms with Crippen LogP contribution in [0.25, 0.3) is 0 Å². The van der Waals surface area contributed by atoms with E-state index in [1.54, 1.807) is 0 Å². The molecule has 0 aliphatic rings. The molecule has 1 unspecified atom stereocenters. The first-order valence-corrected chi connectivity index (χ1v) is 6.72. The van der Waals surface area contributed by atoms with E-state index in [9.17, 15) is 4.79 Å². The van der Waals surface area contributed by atoms with Crippen molar-refractivity contribution in [2.24, 2.45) is 0 Å². The van der Waals surface area contributed by atoms with E-state index >= 15 is 0 Å². The van der Waals surface area contributed by atoms with Crippen molar-refractivity contribution in [3.63, 3.8) is 0 Å². The largest absolute Gasteiger partial charge is 0.464 e. The number of hydrogen-bond acceptors (Lipinski definition) is 6. The summed E-state index contributed by atoms with van der Waals surface area (Å²) in [6.45, 7) is 5.00. The van der Waals surface area contributed by atoms with Gasteiger partial charge in [-0.2, -0.15) is 0 Å². The monoisotopic (exact) mass is 271 g/mol. The van der Waals surface area contributed by atoms with E-state index in [4.69, 9.17) is 0 Å². The quantitative estimate of drug-likeness (QED) is 0.802. The maximum atomic E-state index is 11.4. The van der Waals surface area contributed by atoms with E-state index in [1.165, 1.54) is 18.4 Å². The fourth-order valence-electron chi connectivity index (χ4n) is 1.48. The molecule has 1 rings (SSSR count). The Morgan fingerprint density at radius 3 is 2.78 bits per heavy atom. The first-order chi connectivity index (χ1) is 8.43. The summed E-state index contributed by atoms with van der Waals surface area (Å²) in [5, 5.41) is 4.09. The normalized spacial score (nSPS) is 12.6. The predicted octanol–water partition coefficient (Wildman–Crippen LogP) is 1.99. The Hall–Kier alpha value is -1.14. The van der Waals surface area contributed by atoms with E-state index in [2.05, 4.69) is 41.0 Å². The molecule has 1 heterocycles. The molecule has 1 atom stereocenters. The van der Waals surface area contributed by atoms with Gasteiger partial charge in [0.1, 0.15) is 0 Å². The van der Waals surface area contributed by atoms with Gasteiger partial charge >= 0.3 is 5.97 Å². The number of thiazole rings is 1. The van der Waals surface area contributed by atoms with Gasteiger partial charge in [-0.3, -0.25) is 0 Å². The zero-order chi connectivity index (χ0) is 13.7. The van der Waals surface area contributed by atoms with Crippen molar-refractivity contribution in [1.29, 1.82) is 0 Å². The van der Waals surface area contributed by atoms with E-state index in [-0.39, 0.29) is 5.97 Å². The zero-order valence-corrected chi connectivity index (χ0v) is 12.4. The SMILES string of the molecule is COC(=O)c1nc(NC(C)CCN(C)C)sc1C. The van der Waals surface area contributed by atoms with Crippen LogP contribution in [0.5, 0.6) is 0 Å². The van der Waals surface area contributed by atoms with Gasteiger partial charge in [-0.1, -0.05) is 0 Å². The number of anilines is 1. The summed E-state index contributed by atoms with van der Waals surface area (Å²) in [5.41, 5.74) is 0.407. The van der Waals surface area contributed by atoms with Crippen molar-refractivity contribution >= 4 is 22.4 Å². The number of nitrogens with zero attached hydrogens (tertiary/aromatic N) is 2. The van der Waals surface area contributed by atoms with Gasteiger partial charge in [0.15, 0.2) is 10.8 Å². The maximum absolute atomic E-state index is 11.4. The number of methoxy groups -OCH3 is 1. The first-order valence-electron chi connectivity index (χ1n) is 5.91. The minimum absolute atomic E-state index is 0.323. The van der Waals surface area contributed by atoms with E-state index in [0.29, 0.717) is 11.7 Å². The summed E-state index contributed by atoms with van der Waals surface area (Å²) in [5.74, 6) is -0.377. The second-order valence-electron chi connectivity index (χ2n) is 4.55. The molecule has 0 aromatic carbocycles. The van der Waals surface area contributed by atoms with Gasteiger partial charge < -0.3 is 15.0 Å². The van der Waals surface area contributed by atoms with Gasteiger partial charge in [0, 0.05) is 10.9 Å². The van der Waals surface area contributed by atoms with Crippen LogP contribution >= 0.6 is 11.3 Å². The van der Waals surface area contributed by atoms with Crippen molar-refractivity contribution in [3.05, 3.63) is 10.6 Å². The molecule has 1 aromatic rings. The van der Waals surface area contributed by atoms with Gasteiger partial charge in [-0.25, -0.2) is 9.78 Å². The van der Waals surface area contributed by atoms with Crippen LogP contribution in [-0.2, 0) is 4.74 Å². The zero-order valence-electron chi connectivity index (χ0n) is 11.6. The average Bonchev–Trinajstić information content (AvgIpc) is 2.66. The molecule has 0 aliphatic carbocycles. The predicted molar refractivity (Wildman–Crippen MR) is 74.4 cm³/mol. The molecule has 102 valence electrons. The fraction of sp³-hybridized carbons (Fsp3) is 0.667. The van der Waals surface area contributed by atoms with E-state index in [0.717, 1.165) is 23.0 Å². The van der Waals surface area contributed by atoms with Crippen molar-refractivity contribution < 1.29 is 9.53 Å². The molecule has 1 N–H and O–H groups in total. The molecule has 0 radical (unpaired) electrons. The Labute approximate surface area is 112 Å². The van der Waals surface area contributed by atoms with Crippen LogP contribution in [0.4, 0.5) is 5.13 Å². The number of aromatic nitrogens is 1. The Kier molecular flexibility index (Phi) is 5.55. The van der Waals surface area contributed by atoms with Gasteiger partial charge in [0.05, 0.1) is 7.11 Å². The van der Waals surface area contributed by atoms with Crippen molar-refractivity contribution in [1.82, 2.24) is 9.88 Å². The standard InChI is InChI=1S/C12H21N3O2S/c1-8(6-7-15(3)4)13-12-14-10(9(2)18-12)11(16)17-5/h8H,6-7H2,1-5H3,(H,13,14). The van der Waals surface area contributed by atoms with Crippen LogP contribution in [0, 0.1) is 6.92 Å². The number of nitrogens with one attached hydrogen (secondary N) is 1. The van der Waals surface area contributed by atoms with Gasteiger partial charge in [-0.15, -0.1) is 11.3 Å². The highest BCUT2D eigenvalue weighted by Gasteiger charge is 2.16. The Balaban J connectivity index is 2.60. The number of carbonyl (C=O) groups is 1. The third-order valence-electron chi connectivity index (χ3n) is 2.55. The second kappa shape index (κ2) is 6.70. The molecule has 0 fully saturated rings. The van der Waals surface area contributed by atoms with Crippen LogP contribution in [0.1, 0.15) is 28.7 Å². The number of carbonyl (C=O) groups excluding carboxylic acids is 1. The highest BCUT2D eigenvalue weighted by molar-refractivity contribution is 7.15. The highest BCUT2D eigenvalue weighted by Crippen LogP contribution is 2.23. The summed E-state index contributed by atoms with van der Waals surface area (Å²) in [6, 6.07) is 0.323. The number of hydrogen-bond donors (Lipinski definition) is 1. The van der Waals surface area contributed by atoms with Crippen molar-refractivity contribution in [2.45, 2.75) is 26.3 Å². The third kappa shape index (κ3) is 4.27. The molecule has 0 aliphatic heterocycles. The lowest BCUT2D eigenvalue weighted by atomic mass is 10.2. The average molecular weight is 271 g/mol. The van der Waals surface area contributed by atoms with Crippen LogP contribution < -0.4 is 5.32 Å². The number of aryl methyl sites for hydroxylation is 1. The molecular formula is C12H21N3O2S. The smallest absolute Gasteiger partial charge is 0.357 e. The number of esters is 1. The molecule has 0 saturated heterocycles. The molecule has 0 amide bonds. The third-order valence-corrected chi connectivity index (χ3v) is 3.46. The van der Waals surface area contributed by atoms with Gasteiger partial charge in [0.2, 0.25) is 0 Å². The number of rotatable bonds is 6. The van der Waals surface area contributed by atoms with Gasteiger partial charge in [0.25, 0.3) is 0 Å². The second-order valence-corrected chi connectivity index (χ2v) is 5.76. The minimum Gasteiger partial charge on any atom is -0.464 e. The Morgan fingerprint density at radius 1 is 1.56 bits per heavy atom. The molecule has 5 nitrogen and oxygen atoms in total. The van der Waals surface area contributed by atoms with Crippen molar-refractivity contribution in [3.8, 4) is 0 Å². The van der Waals surface area contributed by atoms with Crippen LogP contribution in [-0.4, -0.2) is 49.6 Å². The summed E-state index contributed by atoms with van der Waals surface area (Å²) in [7, 11) is 5.47. The van der Waals surface area contributed by atoms with Crippen LogP contribution in [0.15, 0.2) is 0 Å². The molecule has 0 bridgehead atoms. The lowest BCUT2D eigenvalue weighted by molar-refractivity contribution is 0.0594. The Bertz CT molecular complexity index is 404. The minimum atomic E-state index is -0.377.